The third-order valence-corrected chi connectivity index (χ3v) is 4.86. The molecule has 0 spiro atoms. The average Bonchev–Trinajstić information content (AvgIpc) is 2.81. The number of benzene rings is 3. The standard InChI is InChI=1S/C25H25N3O5/c1-15-10-11-18(12-19(15)26-16(2)29)25(31)28-21-14-22(32-3)20(13-23(21)33-4)27-24(30)17-8-6-5-7-9-17/h5-14H,1-4H3,(H,26,29)(H,27,30)(H,28,31). The van der Waals surface area contributed by atoms with Crippen molar-refractivity contribution in [1.82, 2.24) is 0 Å². The van der Waals surface area contributed by atoms with Gasteiger partial charge in [0.25, 0.3) is 11.8 Å². The minimum atomic E-state index is -0.400. The molecule has 3 aromatic rings. The lowest BCUT2D eigenvalue weighted by molar-refractivity contribution is -0.114. The SMILES string of the molecule is COc1cc(NC(=O)c2ccc(C)c(NC(C)=O)c2)c(OC)cc1NC(=O)c1ccccc1. The van der Waals surface area contributed by atoms with Crippen molar-refractivity contribution in [3.05, 3.63) is 77.4 Å². The number of methoxy groups -OCH3 is 2. The van der Waals surface area contributed by atoms with Crippen LogP contribution in [0.1, 0.15) is 33.2 Å². The number of carbonyl (C=O) groups excluding carboxylic acids is 3. The fourth-order valence-electron chi connectivity index (χ4n) is 3.16. The van der Waals surface area contributed by atoms with Crippen LogP contribution in [0.3, 0.4) is 0 Å². The van der Waals surface area contributed by atoms with Crippen molar-refractivity contribution < 1.29 is 23.9 Å². The van der Waals surface area contributed by atoms with Gasteiger partial charge in [0.1, 0.15) is 11.5 Å². The third kappa shape index (κ3) is 5.68. The molecule has 8 nitrogen and oxygen atoms in total. The van der Waals surface area contributed by atoms with E-state index in [0.29, 0.717) is 39.7 Å². The highest BCUT2D eigenvalue weighted by molar-refractivity contribution is 6.08. The molecule has 0 fully saturated rings. The molecular formula is C25H25N3O5. The maximum absolute atomic E-state index is 12.9. The number of hydrogen-bond acceptors (Lipinski definition) is 5. The van der Waals surface area contributed by atoms with Gasteiger partial charge >= 0.3 is 0 Å². The van der Waals surface area contributed by atoms with E-state index in [1.165, 1.54) is 21.1 Å². The van der Waals surface area contributed by atoms with Crippen molar-refractivity contribution in [2.45, 2.75) is 13.8 Å². The first kappa shape index (κ1) is 23.3. The van der Waals surface area contributed by atoms with Gasteiger partial charge in [0.15, 0.2) is 0 Å². The molecule has 170 valence electrons. The number of anilines is 3. The van der Waals surface area contributed by atoms with Crippen molar-refractivity contribution in [3.8, 4) is 11.5 Å². The van der Waals surface area contributed by atoms with Crippen LogP contribution in [0, 0.1) is 6.92 Å². The second kappa shape index (κ2) is 10.3. The average molecular weight is 447 g/mol. The van der Waals surface area contributed by atoms with Crippen LogP contribution in [0.5, 0.6) is 11.5 Å². The van der Waals surface area contributed by atoms with Crippen LogP contribution in [-0.4, -0.2) is 31.9 Å². The zero-order valence-corrected chi connectivity index (χ0v) is 18.8. The lowest BCUT2D eigenvalue weighted by Crippen LogP contribution is -2.15. The summed E-state index contributed by atoms with van der Waals surface area (Å²) in [5, 5.41) is 8.30. The quantitative estimate of drug-likeness (QED) is 0.495. The molecule has 0 aliphatic heterocycles. The summed E-state index contributed by atoms with van der Waals surface area (Å²) in [5.74, 6) is -0.254. The van der Waals surface area contributed by atoms with E-state index in [4.69, 9.17) is 9.47 Å². The minimum Gasteiger partial charge on any atom is -0.494 e. The summed E-state index contributed by atoms with van der Waals surface area (Å²) < 4.78 is 10.8. The van der Waals surface area contributed by atoms with Gasteiger partial charge in [-0.25, -0.2) is 0 Å². The summed E-state index contributed by atoms with van der Waals surface area (Å²) in [7, 11) is 2.92. The Morgan fingerprint density at radius 1 is 0.667 bits per heavy atom. The molecule has 0 radical (unpaired) electrons. The van der Waals surface area contributed by atoms with Crippen molar-refractivity contribution in [2.75, 3.05) is 30.2 Å². The van der Waals surface area contributed by atoms with Gasteiger partial charge in [0.05, 0.1) is 25.6 Å². The van der Waals surface area contributed by atoms with E-state index in [9.17, 15) is 14.4 Å². The van der Waals surface area contributed by atoms with Crippen LogP contribution >= 0.6 is 0 Å². The van der Waals surface area contributed by atoms with E-state index in [1.807, 2.05) is 13.0 Å². The largest absolute Gasteiger partial charge is 0.494 e. The monoisotopic (exact) mass is 447 g/mol. The Morgan fingerprint density at radius 3 is 1.73 bits per heavy atom. The molecule has 3 aromatic carbocycles. The zero-order valence-electron chi connectivity index (χ0n) is 18.8. The predicted octanol–water partition coefficient (Wildman–Crippen LogP) is 4.48. The predicted molar refractivity (Wildman–Crippen MR) is 127 cm³/mol. The van der Waals surface area contributed by atoms with Crippen molar-refractivity contribution in [2.24, 2.45) is 0 Å². The molecule has 0 aliphatic carbocycles. The summed E-state index contributed by atoms with van der Waals surface area (Å²) in [5.41, 5.74) is 2.98. The maximum atomic E-state index is 12.9. The van der Waals surface area contributed by atoms with Gasteiger partial charge in [-0.1, -0.05) is 24.3 Å². The molecule has 0 aromatic heterocycles. The fourth-order valence-corrected chi connectivity index (χ4v) is 3.16. The Balaban J connectivity index is 1.87. The van der Waals surface area contributed by atoms with Gasteiger partial charge in [-0.3, -0.25) is 14.4 Å². The normalized spacial score (nSPS) is 10.2. The molecule has 3 amide bonds. The van der Waals surface area contributed by atoms with Gasteiger partial charge in [0.2, 0.25) is 5.91 Å². The van der Waals surface area contributed by atoms with Crippen molar-refractivity contribution >= 4 is 34.8 Å². The van der Waals surface area contributed by atoms with E-state index < -0.39 is 5.91 Å². The van der Waals surface area contributed by atoms with Gasteiger partial charge in [-0.05, 0) is 36.8 Å². The second-order valence-corrected chi connectivity index (χ2v) is 7.24. The molecule has 0 saturated carbocycles. The van der Waals surface area contributed by atoms with E-state index in [-0.39, 0.29) is 11.8 Å². The van der Waals surface area contributed by atoms with E-state index in [1.54, 1.807) is 54.6 Å². The second-order valence-electron chi connectivity index (χ2n) is 7.24. The summed E-state index contributed by atoms with van der Waals surface area (Å²) >= 11 is 0. The molecular weight excluding hydrogens is 422 g/mol. The number of hydrogen-bond donors (Lipinski definition) is 3. The molecule has 0 aliphatic rings. The van der Waals surface area contributed by atoms with Gasteiger partial charge < -0.3 is 25.4 Å². The van der Waals surface area contributed by atoms with Crippen LogP contribution in [0.2, 0.25) is 0 Å². The first-order valence-electron chi connectivity index (χ1n) is 10.1. The molecule has 8 heteroatoms. The van der Waals surface area contributed by atoms with E-state index in [2.05, 4.69) is 16.0 Å². The molecule has 3 N–H and O–H groups in total. The number of aryl methyl sites for hydroxylation is 1. The molecule has 3 rings (SSSR count). The van der Waals surface area contributed by atoms with Gasteiger partial charge in [0, 0.05) is 35.9 Å². The number of nitrogens with one attached hydrogen (secondary N) is 3. The lowest BCUT2D eigenvalue weighted by atomic mass is 10.1. The summed E-state index contributed by atoms with van der Waals surface area (Å²) in [6, 6.07) is 16.9. The zero-order chi connectivity index (χ0) is 24.0. The van der Waals surface area contributed by atoms with E-state index in [0.717, 1.165) is 5.56 Å². The topological polar surface area (TPSA) is 106 Å². The summed E-state index contributed by atoms with van der Waals surface area (Å²) in [6.45, 7) is 3.24. The number of rotatable bonds is 7. The van der Waals surface area contributed by atoms with Crippen LogP contribution in [0.25, 0.3) is 0 Å². The van der Waals surface area contributed by atoms with Crippen molar-refractivity contribution in [3.63, 3.8) is 0 Å². The maximum Gasteiger partial charge on any atom is 0.255 e. The molecule has 0 bridgehead atoms. The Hall–Kier alpha value is -4.33. The summed E-state index contributed by atoms with van der Waals surface area (Å²) in [6.07, 6.45) is 0. The third-order valence-electron chi connectivity index (χ3n) is 4.86. The van der Waals surface area contributed by atoms with Crippen LogP contribution in [-0.2, 0) is 4.79 Å². The first-order chi connectivity index (χ1) is 15.8. The minimum absolute atomic E-state index is 0.227. The van der Waals surface area contributed by atoms with Crippen LogP contribution < -0.4 is 25.4 Å². The summed E-state index contributed by atoms with van der Waals surface area (Å²) in [4.78, 5) is 36.9. The number of carbonyl (C=O) groups is 3. The smallest absolute Gasteiger partial charge is 0.255 e. The van der Waals surface area contributed by atoms with E-state index >= 15 is 0 Å². The van der Waals surface area contributed by atoms with Gasteiger partial charge in [-0.15, -0.1) is 0 Å². The highest BCUT2D eigenvalue weighted by Crippen LogP contribution is 2.37. The highest BCUT2D eigenvalue weighted by atomic mass is 16.5. The Morgan fingerprint density at radius 2 is 1.21 bits per heavy atom. The fraction of sp³-hybridized carbons (Fsp3) is 0.160. The molecule has 0 saturated heterocycles. The number of ether oxygens (including phenoxy) is 2. The van der Waals surface area contributed by atoms with Gasteiger partial charge in [-0.2, -0.15) is 0 Å². The number of amides is 3. The highest BCUT2D eigenvalue weighted by Gasteiger charge is 2.17. The molecule has 0 heterocycles. The Labute approximate surface area is 191 Å². The molecule has 0 unspecified atom stereocenters. The lowest BCUT2D eigenvalue weighted by Gasteiger charge is -2.16. The molecule has 33 heavy (non-hydrogen) atoms. The van der Waals surface area contributed by atoms with Crippen molar-refractivity contribution in [1.29, 1.82) is 0 Å². The Kier molecular flexibility index (Phi) is 7.30. The molecule has 0 atom stereocenters. The first-order valence-corrected chi connectivity index (χ1v) is 10.1. The Bertz CT molecular complexity index is 1190. The van der Waals surface area contributed by atoms with Crippen LogP contribution in [0.4, 0.5) is 17.1 Å². The van der Waals surface area contributed by atoms with Crippen LogP contribution in [0.15, 0.2) is 60.7 Å².